The number of halogens is 2. The van der Waals surface area contributed by atoms with Gasteiger partial charge in [0.25, 0.3) is 0 Å². The highest BCUT2D eigenvalue weighted by atomic mass is 79.9. The zero-order valence-electron chi connectivity index (χ0n) is 10.7. The molecule has 1 aromatic carbocycles. The van der Waals surface area contributed by atoms with Crippen LogP contribution < -0.4 is 4.74 Å². The lowest BCUT2D eigenvalue weighted by Crippen LogP contribution is -2.02. The molecule has 0 aliphatic heterocycles. The number of aromatic nitrogens is 3. The molecule has 3 rings (SSSR count). The lowest BCUT2D eigenvalue weighted by Gasteiger charge is -2.04. The Morgan fingerprint density at radius 2 is 2.00 bits per heavy atom. The van der Waals surface area contributed by atoms with Gasteiger partial charge in [0, 0.05) is 6.20 Å². The van der Waals surface area contributed by atoms with Gasteiger partial charge >= 0.3 is 0 Å². The number of ether oxygens (including phenoxy) is 1. The molecule has 20 heavy (non-hydrogen) atoms. The van der Waals surface area contributed by atoms with Gasteiger partial charge in [-0.3, -0.25) is 0 Å². The Bertz CT molecular complexity index is 755. The Balaban J connectivity index is 2.00. The summed E-state index contributed by atoms with van der Waals surface area (Å²) in [6, 6.07) is 9.62. The molecule has 0 fully saturated rings. The van der Waals surface area contributed by atoms with E-state index < -0.39 is 0 Å². The molecule has 0 aliphatic carbocycles. The summed E-state index contributed by atoms with van der Waals surface area (Å²) in [5.74, 6) is 0.835. The monoisotopic (exact) mass is 351 g/mol. The van der Waals surface area contributed by atoms with E-state index in [1.807, 2.05) is 28.9 Å². The molecule has 0 saturated carbocycles. The maximum atomic E-state index is 6.18. The quantitative estimate of drug-likeness (QED) is 0.717. The van der Waals surface area contributed by atoms with Crippen molar-refractivity contribution in [2.24, 2.45) is 0 Å². The third-order valence-corrected chi connectivity index (χ3v) is 3.90. The van der Waals surface area contributed by atoms with Crippen LogP contribution in [0.1, 0.15) is 5.56 Å². The molecule has 2 heterocycles. The predicted molar refractivity (Wildman–Crippen MR) is 82.3 cm³/mol. The second-order valence-corrected chi connectivity index (χ2v) is 5.45. The molecule has 0 atom stereocenters. The van der Waals surface area contributed by atoms with Gasteiger partial charge in [0.2, 0.25) is 0 Å². The number of methoxy groups -OCH3 is 1. The predicted octanol–water partition coefficient (Wildman–Crippen LogP) is 3.90. The molecule has 0 amide bonds. The second kappa shape index (κ2) is 5.42. The Labute approximate surface area is 129 Å². The van der Waals surface area contributed by atoms with Gasteiger partial charge in [-0.05, 0) is 39.7 Å². The van der Waals surface area contributed by atoms with Crippen molar-refractivity contribution in [2.75, 3.05) is 7.11 Å². The van der Waals surface area contributed by atoms with Crippen LogP contribution in [-0.2, 0) is 6.54 Å². The number of fused-ring (bicyclic) bond motifs is 1. The first-order valence-electron chi connectivity index (χ1n) is 5.98. The molecular weight excluding hydrogens is 342 g/mol. The van der Waals surface area contributed by atoms with Crippen molar-refractivity contribution in [3.8, 4) is 5.75 Å². The number of pyridine rings is 1. The van der Waals surface area contributed by atoms with Crippen LogP contribution in [0.4, 0.5) is 0 Å². The van der Waals surface area contributed by atoms with Gasteiger partial charge in [0.05, 0.1) is 24.1 Å². The second-order valence-electron chi connectivity index (χ2n) is 4.29. The van der Waals surface area contributed by atoms with Crippen molar-refractivity contribution < 1.29 is 4.74 Å². The summed E-state index contributed by atoms with van der Waals surface area (Å²) in [4.78, 5) is 4.35. The van der Waals surface area contributed by atoms with Gasteiger partial charge in [-0.25, -0.2) is 9.67 Å². The summed E-state index contributed by atoms with van der Waals surface area (Å²) in [6.07, 6.45) is 1.68. The fraction of sp³-hybridized carbons (Fsp3) is 0.143. The summed E-state index contributed by atoms with van der Waals surface area (Å²) >= 11 is 9.61. The highest BCUT2D eigenvalue weighted by molar-refractivity contribution is 9.10. The van der Waals surface area contributed by atoms with E-state index in [0.717, 1.165) is 22.3 Å². The van der Waals surface area contributed by atoms with E-state index in [0.29, 0.717) is 16.2 Å². The Morgan fingerprint density at radius 3 is 2.70 bits per heavy atom. The van der Waals surface area contributed by atoms with Crippen LogP contribution in [0.25, 0.3) is 11.0 Å². The first-order chi connectivity index (χ1) is 9.69. The minimum atomic E-state index is 0.624. The summed E-state index contributed by atoms with van der Waals surface area (Å²) in [5, 5.41) is 5.92. The van der Waals surface area contributed by atoms with Gasteiger partial charge in [0.1, 0.15) is 10.4 Å². The minimum Gasteiger partial charge on any atom is -0.497 e. The lowest BCUT2D eigenvalue weighted by molar-refractivity contribution is 0.414. The van der Waals surface area contributed by atoms with E-state index in [4.69, 9.17) is 16.3 Å². The topological polar surface area (TPSA) is 39.9 Å². The molecule has 0 bridgehead atoms. The highest BCUT2D eigenvalue weighted by Crippen LogP contribution is 2.29. The molecule has 102 valence electrons. The third-order valence-electron chi connectivity index (χ3n) is 3.03. The first-order valence-corrected chi connectivity index (χ1v) is 7.15. The molecular formula is C14H11BrClN3O. The average molecular weight is 353 g/mol. The van der Waals surface area contributed by atoms with Crippen molar-refractivity contribution in [1.82, 2.24) is 14.8 Å². The van der Waals surface area contributed by atoms with E-state index in [9.17, 15) is 0 Å². The van der Waals surface area contributed by atoms with Crippen LogP contribution in [0.15, 0.2) is 41.1 Å². The van der Waals surface area contributed by atoms with Crippen molar-refractivity contribution in [2.45, 2.75) is 6.54 Å². The summed E-state index contributed by atoms with van der Waals surface area (Å²) < 4.78 is 7.68. The van der Waals surface area contributed by atoms with Gasteiger partial charge in [-0.2, -0.15) is 5.10 Å². The van der Waals surface area contributed by atoms with Crippen LogP contribution in [0.3, 0.4) is 0 Å². The number of rotatable bonds is 3. The summed E-state index contributed by atoms with van der Waals surface area (Å²) in [7, 11) is 1.65. The Morgan fingerprint density at radius 1 is 1.25 bits per heavy atom. The van der Waals surface area contributed by atoms with Gasteiger partial charge in [-0.15, -0.1) is 0 Å². The zero-order chi connectivity index (χ0) is 14.1. The maximum Gasteiger partial charge on any atom is 0.160 e. The third kappa shape index (κ3) is 2.39. The van der Waals surface area contributed by atoms with Crippen molar-refractivity contribution in [3.05, 3.63) is 51.7 Å². The van der Waals surface area contributed by atoms with Crippen LogP contribution in [0, 0.1) is 0 Å². The molecule has 4 nitrogen and oxygen atoms in total. The van der Waals surface area contributed by atoms with Crippen molar-refractivity contribution in [3.63, 3.8) is 0 Å². The largest absolute Gasteiger partial charge is 0.497 e. The molecule has 6 heteroatoms. The van der Waals surface area contributed by atoms with Crippen LogP contribution in [0.2, 0.25) is 5.02 Å². The first kappa shape index (κ1) is 13.4. The normalized spacial score (nSPS) is 10.9. The molecule has 0 spiro atoms. The number of benzene rings is 1. The minimum absolute atomic E-state index is 0.624. The lowest BCUT2D eigenvalue weighted by atomic mass is 10.2. The van der Waals surface area contributed by atoms with Crippen LogP contribution in [0.5, 0.6) is 5.75 Å². The van der Waals surface area contributed by atoms with E-state index in [1.165, 1.54) is 0 Å². The van der Waals surface area contributed by atoms with Gasteiger partial charge < -0.3 is 4.74 Å². The Kier molecular flexibility index (Phi) is 3.63. The molecule has 0 N–H and O–H groups in total. The Hall–Kier alpha value is -1.59. The zero-order valence-corrected chi connectivity index (χ0v) is 13.0. The smallest absolute Gasteiger partial charge is 0.160 e. The molecule has 3 aromatic rings. The molecule has 0 saturated heterocycles. The molecule has 2 aromatic heterocycles. The fourth-order valence-corrected chi connectivity index (χ4v) is 2.96. The van der Waals surface area contributed by atoms with E-state index >= 15 is 0 Å². The average Bonchev–Trinajstić information content (AvgIpc) is 2.77. The maximum absolute atomic E-state index is 6.18. The van der Waals surface area contributed by atoms with Crippen molar-refractivity contribution >= 4 is 38.6 Å². The number of nitrogens with zero attached hydrogens (tertiary/aromatic N) is 3. The van der Waals surface area contributed by atoms with Gasteiger partial charge in [0.15, 0.2) is 5.65 Å². The standard InChI is InChI=1S/C14H11BrClN3O/c1-20-10-4-2-9(3-5-10)8-19-14-12(13(15)18-19)11(16)6-7-17-14/h2-7H,8H2,1H3. The number of hydrogen-bond acceptors (Lipinski definition) is 3. The highest BCUT2D eigenvalue weighted by Gasteiger charge is 2.12. The molecule has 0 radical (unpaired) electrons. The molecule has 0 aliphatic rings. The summed E-state index contributed by atoms with van der Waals surface area (Å²) in [5.41, 5.74) is 1.88. The fourth-order valence-electron chi connectivity index (χ4n) is 2.03. The van der Waals surface area contributed by atoms with E-state index in [1.54, 1.807) is 19.4 Å². The van der Waals surface area contributed by atoms with E-state index in [2.05, 4.69) is 26.0 Å². The molecule has 0 unspecified atom stereocenters. The van der Waals surface area contributed by atoms with Gasteiger partial charge in [-0.1, -0.05) is 23.7 Å². The number of hydrogen-bond donors (Lipinski definition) is 0. The van der Waals surface area contributed by atoms with Crippen LogP contribution in [-0.4, -0.2) is 21.9 Å². The summed E-state index contributed by atoms with van der Waals surface area (Å²) in [6.45, 7) is 0.624. The van der Waals surface area contributed by atoms with Crippen LogP contribution >= 0.6 is 27.5 Å². The SMILES string of the molecule is COc1ccc(Cn2nc(Br)c3c(Cl)ccnc32)cc1. The van der Waals surface area contributed by atoms with Crippen molar-refractivity contribution in [1.29, 1.82) is 0 Å². The van der Waals surface area contributed by atoms with E-state index in [-0.39, 0.29) is 0 Å².